The lowest BCUT2D eigenvalue weighted by Crippen LogP contribution is -2.39. The van der Waals surface area contributed by atoms with Gasteiger partial charge in [-0.05, 0) is 42.7 Å². The van der Waals surface area contributed by atoms with E-state index in [0.29, 0.717) is 30.6 Å². The zero-order valence-electron chi connectivity index (χ0n) is 13.1. The van der Waals surface area contributed by atoms with Crippen LogP contribution in [0.15, 0.2) is 54.6 Å². The number of hydrogen-bond acceptors (Lipinski definition) is 3. The van der Waals surface area contributed by atoms with Crippen LogP contribution in [0.2, 0.25) is 0 Å². The topological polar surface area (TPSA) is 82.0 Å². The van der Waals surface area contributed by atoms with Gasteiger partial charge in [0.25, 0.3) is 0 Å². The zero-order valence-corrected chi connectivity index (χ0v) is 13.1. The molecule has 0 saturated heterocycles. The van der Waals surface area contributed by atoms with Crippen LogP contribution in [0, 0.1) is 16.7 Å². The Balaban J connectivity index is 1.61. The van der Waals surface area contributed by atoms with Gasteiger partial charge in [-0.1, -0.05) is 30.3 Å². The molecule has 2 aromatic rings. The van der Waals surface area contributed by atoms with E-state index in [-0.39, 0.29) is 11.8 Å². The van der Waals surface area contributed by atoms with E-state index in [2.05, 4.69) is 10.6 Å². The lowest BCUT2D eigenvalue weighted by atomic mass is 10.0. The van der Waals surface area contributed by atoms with Crippen LogP contribution in [0.25, 0.3) is 0 Å². The first kappa shape index (κ1) is 15.8. The maximum absolute atomic E-state index is 12.5. The maximum Gasteiger partial charge on any atom is 0.240 e. The Kier molecular flexibility index (Phi) is 4.30. The Hall–Kier alpha value is -3.13. The van der Waals surface area contributed by atoms with E-state index in [1.165, 1.54) is 0 Å². The highest BCUT2D eigenvalue weighted by atomic mass is 16.2. The number of nitrogens with zero attached hydrogens (tertiary/aromatic N) is 1. The Labute approximate surface area is 140 Å². The fourth-order valence-electron chi connectivity index (χ4n) is 2.51. The van der Waals surface area contributed by atoms with Crippen LogP contribution in [0.1, 0.15) is 24.0 Å². The van der Waals surface area contributed by atoms with Crippen molar-refractivity contribution in [2.24, 2.45) is 5.41 Å². The second-order valence-electron chi connectivity index (χ2n) is 5.89. The van der Waals surface area contributed by atoms with E-state index in [9.17, 15) is 9.59 Å². The monoisotopic (exact) mass is 319 g/mol. The molecule has 0 radical (unpaired) electrons. The summed E-state index contributed by atoms with van der Waals surface area (Å²) in [6.45, 7) is 0.408. The van der Waals surface area contributed by atoms with Gasteiger partial charge in [-0.3, -0.25) is 9.59 Å². The van der Waals surface area contributed by atoms with Gasteiger partial charge < -0.3 is 10.6 Å². The largest absolute Gasteiger partial charge is 0.351 e. The van der Waals surface area contributed by atoms with E-state index in [4.69, 9.17) is 5.26 Å². The first-order valence-electron chi connectivity index (χ1n) is 7.78. The van der Waals surface area contributed by atoms with E-state index in [0.717, 1.165) is 5.56 Å². The average Bonchev–Trinajstić information content (AvgIpc) is 3.43. The number of anilines is 1. The fraction of sp³-hybridized carbons (Fsp3) is 0.211. The molecule has 5 heteroatoms. The summed E-state index contributed by atoms with van der Waals surface area (Å²) in [5.74, 6) is -0.532. The van der Waals surface area contributed by atoms with Gasteiger partial charge in [-0.2, -0.15) is 5.26 Å². The van der Waals surface area contributed by atoms with Crippen molar-refractivity contribution >= 4 is 17.5 Å². The molecule has 120 valence electrons. The lowest BCUT2D eigenvalue weighted by molar-refractivity contribution is -0.134. The van der Waals surface area contributed by atoms with E-state index >= 15 is 0 Å². The van der Waals surface area contributed by atoms with Crippen molar-refractivity contribution in [1.82, 2.24) is 5.32 Å². The molecule has 5 nitrogen and oxygen atoms in total. The molecule has 0 heterocycles. The van der Waals surface area contributed by atoms with Crippen LogP contribution in [0.4, 0.5) is 5.69 Å². The number of amides is 2. The van der Waals surface area contributed by atoms with Crippen LogP contribution in [0.5, 0.6) is 0 Å². The predicted molar refractivity (Wildman–Crippen MR) is 89.7 cm³/mol. The van der Waals surface area contributed by atoms with Crippen LogP contribution in [-0.2, 0) is 16.1 Å². The smallest absolute Gasteiger partial charge is 0.240 e. The highest BCUT2D eigenvalue weighted by molar-refractivity contribution is 6.13. The summed E-state index contributed by atoms with van der Waals surface area (Å²) < 4.78 is 0. The first-order valence-corrected chi connectivity index (χ1v) is 7.78. The van der Waals surface area contributed by atoms with Gasteiger partial charge in [0.15, 0.2) is 0 Å². The first-order chi connectivity index (χ1) is 11.6. The Morgan fingerprint density at radius 1 is 1.00 bits per heavy atom. The zero-order chi connectivity index (χ0) is 17.0. The molecule has 24 heavy (non-hydrogen) atoms. The minimum absolute atomic E-state index is 0.238. The van der Waals surface area contributed by atoms with Crippen molar-refractivity contribution in [1.29, 1.82) is 5.26 Å². The SMILES string of the molecule is N#Cc1ccc(NC(=O)C2(C(=O)NCc3ccccc3)CC2)cc1. The van der Waals surface area contributed by atoms with Gasteiger partial charge in [0, 0.05) is 12.2 Å². The predicted octanol–water partition coefficient (Wildman–Crippen LogP) is 2.59. The summed E-state index contributed by atoms with van der Waals surface area (Å²) >= 11 is 0. The third-order valence-corrected chi connectivity index (χ3v) is 4.19. The minimum Gasteiger partial charge on any atom is -0.351 e. The van der Waals surface area contributed by atoms with E-state index in [1.807, 2.05) is 36.4 Å². The highest BCUT2D eigenvalue weighted by Crippen LogP contribution is 2.46. The summed E-state index contributed by atoms with van der Waals surface area (Å²) in [6.07, 6.45) is 1.10. The molecule has 2 aromatic carbocycles. The molecule has 0 atom stereocenters. The molecule has 0 unspecified atom stereocenters. The number of hydrogen-bond donors (Lipinski definition) is 2. The Morgan fingerprint density at radius 3 is 2.25 bits per heavy atom. The molecule has 3 rings (SSSR count). The van der Waals surface area contributed by atoms with Crippen molar-refractivity contribution < 1.29 is 9.59 Å². The van der Waals surface area contributed by atoms with E-state index < -0.39 is 5.41 Å². The van der Waals surface area contributed by atoms with Gasteiger partial charge in [-0.15, -0.1) is 0 Å². The van der Waals surface area contributed by atoms with Crippen molar-refractivity contribution in [3.05, 3.63) is 65.7 Å². The maximum atomic E-state index is 12.5. The van der Waals surface area contributed by atoms with Gasteiger partial charge in [0.05, 0.1) is 11.6 Å². The summed E-state index contributed by atoms with van der Waals surface area (Å²) in [4.78, 5) is 24.9. The second-order valence-corrected chi connectivity index (χ2v) is 5.89. The average molecular weight is 319 g/mol. The molecule has 1 aliphatic carbocycles. The number of nitriles is 1. The molecule has 1 aliphatic rings. The molecular weight excluding hydrogens is 302 g/mol. The Bertz CT molecular complexity index is 788. The molecule has 0 aliphatic heterocycles. The molecule has 2 amide bonds. The normalized spacial score (nSPS) is 14.3. The molecular formula is C19H17N3O2. The third kappa shape index (κ3) is 3.28. The van der Waals surface area contributed by atoms with Gasteiger partial charge in [-0.25, -0.2) is 0 Å². The summed E-state index contributed by atoms with van der Waals surface area (Å²) in [5, 5.41) is 14.4. The van der Waals surface area contributed by atoms with Crippen molar-refractivity contribution in [2.75, 3.05) is 5.32 Å². The van der Waals surface area contributed by atoms with Crippen molar-refractivity contribution in [3.8, 4) is 6.07 Å². The second kappa shape index (κ2) is 6.55. The summed E-state index contributed by atoms with van der Waals surface area (Å²) in [7, 11) is 0. The van der Waals surface area contributed by atoms with E-state index in [1.54, 1.807) is 24.3 Å². The Morgan fingerprint density at radius 2 is 1.67 bits per heavy atom. The van der Waals surface area contributed by atoms with Crippen LogP contribution < -0.4 is 10.6 Å². The van der Waals surface area contributed by atoms with Crippen LogP contribution >= 0.6 is 0 Å². The number of rotatable bonds is 5. The summed E-state index contributed by atoms with van der Waals surface area (Å²) in [6, 6.07) is 18.2. The van der Waals surface area contributed by atoms with Crippen LogP contribution in [0.3, 0.4) is 0 Å². The van der Waals surface area contributed by atoms with Gasteiger partial charge in [0.2, 0.25) is 11.8 Å². The molecule has 1 fully saturated rings. The lowest BCUT2D eigenvalue weighted by Gasteiger charge is -2.15. The number of carbonyl (C=O) groups is 2. The molecule has 0 aromatic heterocycles. The van der Waals surface area contributed by atoms with Gasteiger partial charge in [0.1, 0.15) is 5.41 Å². The fourth-order valence-corrected chi connectivity index (χ4v) is 2.51. The van der Waals surface area contributed by atoms with Crippen LogP contribution in [-0.4, -0.2) is 11.8 Å². The third-order valence-electron chi connectivity index (χ3n) is 4.19. The molecule has 0 bridgehead atoms. The van der Waals surface area contributed by atoms with Crippen molar-refractivity contribution in [3.63, 3.8) is 0 Å². The summed E-state index contributed by atoms with van der Waals surface area (Å²) in [5.41, 5.74) is 1.13. The highest BCUT2D eigenvalue weighted by Gasteiger charge is 2.56. The van der Waals surface area contributed by atoms with Crippen molar-refractivity contribution in [2.45, 2.75) is 19.4 Å². The number of carbonyl (C=O) groups excluding carboxylic acids is 2. The molecule has 1 saturated carbocycles. The number of benzene rings is 2. The quantitative estimate of drug-likeness (QED) is 0.831. The molecule has 0 spiro atoms. The standard InChI is InChI=1S/C19H17N3O2/c20-12-14-6-8-16(9-7-14)22-18(24)19(10-11-19)17(23)21-13-15-4-2-1-3-5-15/h1-9H,10-11,13H2,(H,21,23)(H,22,24). The minimum atomic E-state index is -0.970. The molecule has 2 N–H and O–H groups in total. The van der Waals surface area contributed by atoms with Gasteiger partial charge >= 0.3 is 0 Å². The number of nitrogens with one attached hydrogen (secondary N) is 2.